The van der Waals surface area contributed by atoms with E-state index in [1.54, 1.807) is 0 Å². The highest BCUT2D eigenvalue weighted by Crippen LogP contribution is 2.42. The molecule has 0 spiro atoms. The number of sulfone groups is 1. The number of allylic oxidation sites excluding steroid dienone is 1. The standard InChI is InChI=1S/C9H11Cl2NO4S2/c10-4-1-7(17-8(4)11)9(14)12-5-2-18(15,16)3-6(5)13/h5-7,13H,1-3H2,(H,12,14). The van der Waals surface area contributed by atoms with Crippen LogP contribution in [-0.2, 0) is 14.6 Å². The Labute approximate surface area is 119 Å². The average Bonchev–Trinajstić information content (AvgIpc) is 2.68. The number of carbonyl (C=O) groups is 1. The molecular formula is C9H11Cl2NO4S2. The van der Waals surface area contributed by atoms with E-state index in [0.717, 1.165) is 11.8 Å². The van der Waals surface area contributed by atoms with Crippen molar-refractivity contribution in [3.05, 3.63) is 9.40 Å². The van der Waals surface area contributed by atoms with Gasteiger partial charge in [0.05, 0.1) is 33.3 Å². The fourth-order valence-corrected chi connectivity index (χ4v) is 5.27. The van der Waals surface area contributed by atoms with Crippen molar-refractivity contribution in [2.75, 3.05) is 11.5 Å². The van der Waals surface area contributed by atoms with Gasteiger partial charge in [-0.05, 0) is 0 Å². The average molecular weight is 332 g/mol. The summed E-state index contributed by atoms with van der Waals surface area (Å²) in [7, 11) is -3.27. The molecule has 3 unspecified atom stereocenters. The smallest absolute Gasteiger partial charge is 0.234 e. The van der Waals surface area contributed by atoms with E-state index in [0.29, 0.717) is 15.8 Å². The van der Waals surface area contributed by atoms with Crippen LogP contribution in [0.25, 0.3) is 0 Å². The summed E-state index contributed by atoms with van der Waals surface area (Å²) in [4.78, 5) is 11.9. The first-order valence-electron chi connectivity index (χ1n) is 5.18. The van der Waals surface area contributed by atoms with E-state index in [4.69, 9.17) is 23.2 Å². The maximum Gasteiger partial charge on any atom is 0.234 e. The lowest BCUT2D eigenvalue weighted by Gasteiger charge is -2.17. The number of nitrogens with one attached hydrogen (secondary N) is 1. The van der Waals surface area contributed by atoms with Crippen LogP contribution in [0, 0.1) is 0 Å². The molecule has 0 saturated carbocycles. The van der Waals surface area contributed by atoms with Gasteiger partial charge in [0.25, 0.3) is 0 Å². The molecule has 5 nitrogen and oxygen atoms in total. The zero-order valence-electron chi connectivity index (χ0n) is 9.10. The third kappa shape index (κ3) is 3.14. The van der Waals surface area contributed by atoms with Gasteiger partial charge in [-0.1, -0.05) is 35.0 Å². The Balaban J connectivity index is 1.94. The van der Waals surface area contributed by atoms with E-state index in [1.807, 2.05) is 0 Å². The Morgan fingerprint density at radius 2 is 2.06 bits per heavy atom. The second kappa shape index (κ2) is 5.20. The number of aliphatic hydroxyl groups excluding tert-OH is 1. The van der Waals surface area contributed by atoms with Gasteiger partial charge in [-0.3, -0.25) is 4.79 Å². The zero-order chi connectivity index (χ0) is 13.5. The van der Waals surface area contributed by atoms with Crippen molar-refractivity contribution in [2.45, 2.75) is 23.8 Å². The summed E-state index contributed by atoms with van der Waals surface area (Å²) >= 11 is 12.7. The largest absolute Gasteiger partial charge is 0.390 e. The number of hydrogen-bond acceptors (Lipinski definition) is 5. The summed E-state index contributed by atoms with van der Waals surface area (Å²) in [5.74, 6) is -0.892. The normalized spacial score (nSPS) is 34.9. The second-order valence-electron chi connectivity index (χ2n) is 4.25. The molecule has 18 heavy (non-hydrogen) atoms. The number of halogens is 2. The minimum Gasteiger partial charge on any atom is -0.390 e. The third-order valence-electron chi connectivity index (χ3n) is 2.77. The van der Waals surface area contributed by atoms with Crippen molar-refractivity contribution in [2.24, 2.45) is 0 Å². The Morgan fingerprint density at radius 3 is 2.50 bits per heavy atom. The lowest BCUT2D eigenvalue weighted by Crippen LogP contribution is -2.45. The van der Waals surface area contributed by atoms with Crippen LogP contribution < -0.4 is 5.32 Å². The summed E-state index contributed by atoms with van der Waals surface area (Å²) < 4.78 is 23.0. The Hall–Kier alpha value is 0.0500. The maximum absolute atomic E-state index is 11.9. The fourth-order valence-electron chi connectivity index (χ4n) is 1.86. The van der Waals surface area contributed by atoms with E-state index in [-0.39, 0.29) is 17.4 Å². The van der Waals surface area contributed by atoms with Gasteiger partial charge >= 0.3 is 0 Å². The van der Waals surface area contributed by atoms with Crippen LogP contribution in [0.3, 0.4) is 0 Å². The van der Waals surface area contributed by atoms with Crippen LogP contribution in [0.4, 0.5) is 0 Å². The second-order valence-corrected chi connectivity index (χ2v) is 8.67. The summed E-state index contributed by atoms with van der Waals surface area (Å²) in [6.45, 7) is 0. The SMILES string of the molecule is O=C(NC1CS(=O)(=O)CC1O)C1CC(Cl)=C(Cl)S1. The first-order chi connectivity index (χ1) is 8.28. The topological polar surface area (TPSA) is 83.5 Å². The van der Waals surface area contributed by atoms with E-state index in [1.165, 1.54) is 0 Å². The van der Waals surface area contributed by atoms with Gasteiger partial charge in [0.15, 0.2) is 9.84 Å². The Bertz CT molecular complexity index is 491. The molecular weight excluding hydrogens is 321 g/mol. The number of carbonyl (C=O) groups excluding carboxylic acids is 1. The number of hydrogen-bond donors (Lipinski definition) is 2. The molecule has 2 aliphatic rings. The molecule has 102 valence electrons. The van der Waals surface area contributed by atoms with Crippen molar-refractivity contribution in [3.63, 3.8) is 0 Å². The molecule has 9 heteroatoms. The molecule has 2 rings (SSSR count). The van der Waals surface area contributed by atoms with Gasteiger partial charge in [-0.25, -0.2) is 8.42 Å². The molecule has 0 aromatic heterocycles. The van der Waals surface area contributed by atoms with Crippen molar-refractivity contribution < 1.29 is 18.3 Å². The fraction of sp³-hybridized carbons (Fsp3) is 0.667. The lowest BCUT2D eigenvalue weighted by atomic mass is 10.2. The van der Waals surface area contributed by atoms with Gasteiger partial charge in [-0.2, -0.15) is 0 Å². The van der Waals surface area contributed by atoms with Gasteiger partial charge in [-0.15, -0.1) is 0 Å². The molecule has 0 radical (unpaired) electrons. The first-order valence-corrected chi connectivity index (χ1v) is 8.64. The number of amides is 1. The monoisotopic (exact) mass is 331 g/mol. The van der Waals surface area contributed by atoms with Gasteiger partial charge in [0.1, 0.15) is 0 Å². The van der Waals surface area contributed by atoms with Crippen LogP contribution in [0.15, 0.2) is 9.40 Å². The molecule has 1 fully saturated rings. The summed E-state index contributed by atoms with van der Waals surface area (Å²) in [5, 5.41) is 12.1. The Kier molecular flexibility index (Phi) is 4.18. The van der Waals surface area contributed by atoms with Crippen LogP contribution in [-0.4, -0.2) is 48.3 Å². The molecule has 2 N–H and O–H groups in total. The van der Waals surface area contributed by atoms with E-state index < -0.39 is 27.2 Å². The Morgan fingerprint density at radius 1 is 1.39 bits per heavy atom. The molecule has 2 aliphatic heterocycles. The molecule has 0 aromatic rings. The summed E-state index contributed by atoms with van der Waals surface area (Å²) in [6.07, 6.45) is -0.726. The maximum atomic E-state index is 11.9. The van der Waals surface area contributed by atoms with Crippen molar-refractivity contribution in [3.8, 4) is 0 Å². The highest BCUT2D eigenvalue weighted by atomic mass is 35.5. The lowest BCUT2D eigenvalue weighted by molar-refractivity contribution is -0.121. The van der Waals surface area contributed by atoms with Crippen LogP contribution in [0.5, 0.6) is 0 Å². The molecule has 1 saturated heterocycles. The molecule has 0 aliphatic carbocycles. The quantitative estimate of drug-likeness (QED) is 0.765. The first kappa shape index (κ1) is 14.5. The highest BCUT2D eigenvalue weighted by molar-refractivity contribution is 8.06. The molecule has 0 aromatic carbocycles. The van der Waals surface area contributed by atoms with Crippen molar-refractivity contribution >= 4 is 50.7 Å². The predicted octanol–water partition coefficient (Wildman–Crippen LogP) is 0.413. The highest BCUT2D eigenvalue weighted by Gasteiger charge is 2.39. The molecule has 1 amide bonds. The third-order valence-corrected chi connectivity index (χ3v) is 6.65. The van der Waals surface area contributed by atoms with Gasteiger partial charge in [0.2, 0.25) is 5.91 Å². The number of thioether (sulfide) groups is 1. The van der Waals surface area contributed by atoms with Crippen LogP contribution in [0.2, 0.25) is 0 Å². The van der Waals surface area contributed by atoms with E-state index in [2.05, 4.69) is 5.32 Å². The minimum absolute atomic E-state index is 0.230. The molecule has 3 atom stereocenters. The molecule has 2 heterocycles. The predicted molar refractivity (Wildman–Crippen MR) is 71.3 cm³/mol. The zero-order valence-corrected chi connectivity index (χ0v) is 12.2. The summed E-state index contributed by atoms with van der Waals surface area (Å²) in [6, 6.07) is -0.749. The minimum atomic E-state index is -3.27. The number of rotatable bonds is 2. The summed E-state index contributed by atoms with van der Waals surface area (Å²) in [5.41, 5.74) is 0. The van der Waals surface area contributed by atoms with Crippen LogP contribution >= 0.6 is 35.0 Å². The van der Waals surface area contributed by atoms with E-state index >= 15 is 0 Å². The van der Waals surface area contributed by atoms with Crippen molar-refractivity contribution in [1.82, 2.24) is 5.32 Å². The van der Waals surface area contributed by atoms with Gasteiger partial charge < -0.3 is 10.4 Å². The van der Waals surface area contributed by atoms with E-state index in [9.17, 15) is 18.3 Å². The number of aliphatic hydroxyl groups is 1. The molecule has 0 bridgehead atoms. The van der Waals surface area contributed by atoms with Gasteiger partial charge in [0, 0.05) is 11.5 Å². The van der Waals surface area contributed by atoms with Crippen LogP contribution in [0.1, 0.15) is 6.42 Å². The van der Waals surface area contributed by atoms with Crippen molar-refractivity contribution in [1.29, 1.82) is 0 Å².